The van der Waals surface area contributed by atoms with Crippen LogP contribution >= 0.6 is 40.7 Å². The number of carbonyl (C=O) groups excluding carboxylic acids is 1. The molecule has 2 unspecified atom stereocenters. The minimum atomic E-state index is -1.00. The number of hydrogen-bond donors (Lipinski definition) is 2. The van der Waals surface area contributed by atoms with Crippen LogP contribution in [0.1, 0.15) is 32.3 Å². The maximum Gasteiger partial charge on any atom is 0.244 e. The summed E-state index contributed by atoms with van der Waals surface area (Å²) in [6, 6.07) is 7.58. The highest BCUT2D eigenvalue weighted by Crippen LogP contribution is 2.20. The Morgan fingerprint density at radius 2 is 2.00 bits per heavy atom. The van der Waals surface area contributed by atoms with E-state index in [2.05, 4.69) is 33.1 Å². The van der Waals surface area contributed by atoms with E-state index in [1.165, 1.54) is 12.8 Å². The molecule has 1 aromatic carbocycles. The minimum Gasteiger partial charge on any atom is -0.353 e. The Balaban J connectivity index is 0.00000264. The maximum absolute atomic E-state index is 12.4. The molecule has 1 fully saturated rings. The predicted octanol–water partition coefficient (Wildman–Crippen LogP) is 3.31. The molecule has 1 amide bonds. The van der Waals surface area contributed by atoms with Crippen LogP contribution in [0.5, 0.6) is 0 Å². The molecular formula is C17H28BrCl2N3O. The van der Waals surface area contributed by atoms with E-state index in [-0.39, 0.29) is 30.7 Å². The molecule has 1 aliphatic rings. The molecule has 0 bridgehead atoms. The van der Waals surface area contributed by atoms with Crippen molar-refractivity contribution < 1.29 is 4.79 Å². The van der Waals surface area contributed by atoms with E-state index >= 15 is 0 Å². The Bertz CT molecular complexity index is 511. The lowest BCUT2D eigenvalue weighted by atomic mass is 9.92. The lowest BCUT2D eigenvalue weighted by Gasteiger charge is -2.31. The maximum atomic E-state index is 12.4. The number of nitrogens with zero attached hydrogens (tertiary/aromatic N) is 1. The number of rotatable bonds is 5. The second kappa shape index (κ2) is 10.6. The van der Waals surface area contributed by atoms with Crippen molar-refractivity contribution in [2.45, 2.75) is 32.2 Å². The van der Waals surface area contributed by atoms with E-state index in [1.807, 2.05) is 24.3 Å². The zero-order valence-electron chi connectivity index (χ0n) is 14.3. The summed E-state index contributed by atoms with van der Waals surface area (Å²) in [4.78, 5) is 14.8. The van der Waals surface area contributed by atoms with E-state index in [4.69, 9.17) is 5.73 Å². The van der Waals surface area contributed by atoms with Gasteiger partial charge in [0.05, 0.1) is 0 Å². The lowest BCUT2D eigenvalue weighted by molar-refractivity contribution is -0.126. The van der Waals surface area contributed by atoms with Gasteiger partial charge in [-0.3, -0.25) is 4.79 Å². The summed E-state index contributed by atoms with van der Waals surface area (Å²) in [6.45, 7) is 7.85. The molecule has 2 atom stereocenters. The number of nitrogens with one attached hydrogen (secondary N) is 1. The first-order chi connectivity index (χ1) is 10.4. The van der Waals surface area contributed by atoms with E-state index in [1.54, 1.807) is 6.92 Å². The van der Waals surface area contributed by atoms with Crippen LogP contribution in [0.3, 0.4) is 0 Å². The van der Waals surface area contributed by atoms with E-state index < -0.39 is 5.54 Å². The van der Waals surface area contributed by atoms with Gasteiger partial charge >= 0.3 is 0 Å². The fourth-order valence-corrected chi connectivity index (χ4v) is 3.19. The zero-order valence-corrected chi connectivity index (χ0v) is 17.5. The molecule has 138 valence electrons. The number of halogens is 3. The van der Waals surface area contributed by atoms with Crippen LogP contribution in [0.15, 0.2) is 28.7 Å². The third-order valence-corrected chi connectivity index (χ3v) is 4.90. The van der Waals surface area contributed by atoms with Gasteiger partial charge in [-0.15, -0.1) is 24.8 Å². The van der Waals surface area contributed by atoms with Gasteiger partial charge in [-0.05, 0) is 49.9 Å². The van der Waals surface area contributed by atoms with Crippen molar-refractivity contribution in [2.24, 2.45) is 11.7 Å². The molecule has 24 heavy (non-hydrogen) atoms. The van der Waals surface area contributed by atoms with Crippen molar-refractivity contribution in [2.75, 3.05) is 26.2 Å². The van der Waals surface area contributed by atoms with Gasteiger partial charge in [-0.2, -0.15) is 0 Å². The zero-order chi connectivity index (χ0) is 16.2. The van der Waals surface area contributed by atoms with E-state index in [0.717, 1.165) is 35.6 Å². The largest absolute Gasteiger partial charge is 0.353 e. The first-order valence-electron chi connectivity index (χ1n) is 7.95. The van der Waals surface area contributed by atoms with Gasteiger partial charge in [-0.1, -0.05) is 35.0 Å². The Kier molecular flexibility index (Phi) is 10.5. The number of benzene rings is 1. The second-order valence-electron chi connectivity index (χ2n) is 6.51. The van der Waals surface area contributed by atoms with Gasteiger partial charge in [0.25, 0.3) is 0 Å². The molecule has 1 aromatic rings. The fraction of sp³-hybridized carbons (Fsp3) is 0.588. The topological polar surface area (TPSA) is 58.4 Å². The summed E-state index contributed by atoms with van der Waals surface area (Å²) in [5, 5.41) is 2.98. The molecule has 1 aliphatic heterocycles. The Morgan fingerprint density at radius 1 is 1.38 bits per heavy atom. The molecule has 0 radical (unpaired) electrons. The van der Waals surface area contributed by atoms with Crippen molar-refractivity contribution in [1.29, 1.82) is 0 Å². The van der Waals surface area contributed by atoms with Crippen LogP contribution in [0, 0.1) is 5.92 Å². The monoisotopic (exact) mass is 439 g/mol. The Hall–Kier alpha value is -0.330. The van der Waals surface area contributed by atoms with Crippen molar-refractivity contribution in [1.82, 2.24) is 10.2 Å². The SMILES string of the molecule is CC1CCCN(CCNC(=O)C(C)(N)c2ccc(Br)cc2)C1.Cl.Cl. The van der Waals surface area contributed by atoms with Gasteiger partial charge < -0.3 is 16.0 Å². The number of amides is 1. The van der Waals surface area contributed by atoms with Crippen LogP contribution < -0.4 is 11.1 Å². The highest BCUT2D eigenvalue weighted by atomic mass is 79.9. The summed E-state index contributed by atoms with van der Waals surface area (Å²) in [5.41, 5.74) is 6.05. The molecule has 1 saturated heterocycles. The molecule has 0 spiro atoms. The van der Waals surface area contributed by atoms with Crippen molar-refractivity contribution in [3.63, 3.8) is 0 Å². The van der Waals surface area contributed by atoms with Gasteiger partial charge in [0, 0.05) is 24.1 Å². The van der Waals surface area contributed by atoms with Gasteiger partial charge in [0.15, 0.2) is 0 Å². The molecule has 0 saturated carbocycles. The number of carbonyl (C=O) groups is 1. The highest BCUT2D eigenvalue weighted by molar-refractivity contribution is 9.10. The molecule has 0 aliphatic carbocycles. The Morgan fingerprint density at radius 3 is 2.58 bits per heavy atom. The summed E-state index contributed by atoms with van der Waals surface area (Å²) in [5.74, 6) is 0.631. The normalized spacial score (nSPS) is 20.2. The summed E-state index contributed by atoms with van der Waals surface area (Å²) in [7, 11) is 0. The second-order valence-corrected chi connectivity index (χ2v) is 7.43. The number of likely N-dealkylation sites (tertiary alicyclic amines) is 1. The van der Waals surface area contributed by atoms with Crippen molar-refractivity contribution in [3.8, 4) is 0 Å². The summed E-state index contributed by atoms with van der Waals surface area (Å²) >= 11 is 3.39. The third-order valence-electron chi connectivity index (χ3n) is 4.37. The molecule has 7 heteroatoms. The standard InChI is InChI=1S/C17H26BrN3O.2ClH/c1-13-4-3-10-21(12-13)11-9-20-16(22)17(2,19)14-5-7-15(18)8-6-14;;/h5-8,13H,3-4,9-12,19H2,1-2H3,(H,20,22);2*1H. The first-order valence-corrected chi connectivity index (χ1v) is 8.74. The predicted molar refractivity (Wildman–Crippen MR) is 108 cm³/mol. The molecule has 3 N–H and O–H groups in total. The first kappa shape index (κ1) is 23.7. The van der Waals surface area contributed by atoms with Crippen LogP contribution in [-0.4, -0.2) is 37.0 Å². The van der Waals surface area contributed by atoms with E-state index in [9.17, 15) is 4.79 Å². The van der Waals surface area contributed by atoms with Gasteiger partial charge in [-0.25, -0.2) is 0 Å². The van der Waals surface area contributed by atoms with Crippen LogP contribution in [0.25, 0.3) is 0 Å². The summed E-state index contributed by atoms with van der Waals surface area (Å²) < 4.78 is 0.978. The number of piperidine rings is 1. The molecule has 1 heterocycles. The average molecular weight is 441 g/mol. The smallest absolute Gasteiger partial charge is 0.244 e. The van der Waals surface area contributed by atoms with Gasteiger partial charge in [0.1, 0.15) is 5.54 Å². The number of hydrogen-bond acceptors (Lipinski definition) is 3. The van der Waals surface area contributed by atoms with Crippen molar-refractivity contribution in [3.05, 3.63) is 34.3 Å². The van der Waals surface area contributed by atoms with E-state index in [0.29, 0.717) is 6.54 Å². The van der Waals surface area contributed by atoms with Crippen molar-refractivity contribution >= 4 is 46.7 Å². The van der Waals surface area contributed by atoms with Crippen LogP contribution in [-0.2, 0) is 10.3 Å². The fourth-order valence-electron chi connectivity index (χ4n) is 2.93. The molecule has 4 nitrogen and oxygen atoms in total. The molecule has 0 aromatic heterocycles. The highest BCUT2D eigenvalue weighted by Gasteiger charge is 2.30. The summed E-state index contributed by atoms with van der Waals surface area (Å²) in [6.07, 6.45) is 2.57. The third kappa shape index (κ3) is 6.52. The van der Waals surface area contributed by atoms with Crippen LogP contribution in [0.2, 0.25) is 0 Å². The molecular weight excluding hydrogens is 413 g/mol. The number of nitrogens with two attached hydrogens (primary N) is 1. The quantitative estimate of drug-likeness (QED) is 0.738. The lowest BCUT2D eigenvalue weighted by Crippen LogP contribution is -2.50. The Labute approximate surface area is 165 Å². The van der Waals surface area contributed by atoms with Gasteiger partial charge in [0.2, 0.25) is 5.91 Å². The minimum absolute atomic E-state index is 0. The average Bonchev–Trinajstić information content (AvgIpc) is 2.47. The van der Waals surface area contributed by atoms with Crippen LogP contribution in [0.4, 0.5) is 0 Å². The molecule has 2 rings (SSSR count).